The zero-order valence-corrected chi connectivity index (χ0v) is 22.3. The molecular formula is C29H23N3O7S. The largest absolute Gasteiger partial charge is 0.507 e. The number of aliphatic hydroxyl groups excluding tert-OH is 1. The molecule has 1 aromatic heterocycles. The van der Waals surface area contributed by atoms with Crippen molar-refractivity contribution in [2.24, 2.45) is 0 Å². The Morgan fingerprint density at radius 2 is 2.02 bits per heavy atom. The van der Waals surface area contributed by atoms with Crippen LogP contribution in [0.4, 0.5) is 10.8 Å². The second-order valence-corrected chi connectivity index (χ2v) is 10.5. The minimum absolute atomic E-state index is 0.0230. The average Bonchev–Trinajstić information content (AvgIpc) is 3.60. The predicted molar refractivity (Wildman–Crippen MR) is 149 cm³/mol. The second kappa shape index (κ2) is 9.76. The molecule has 3 aromatic carbocycles. The Labute approximate surface area is 232 Å². The van der Waals surface area contributed by atoms with Gasteiger partial charge in [0.25, 0.3) is 11.5 Å². The summed E-state index contributed by atoms with van der Waals surface area (Å²) in [5.41, 5.74) is 1.71. The molecular weight excluding hydrogens is 534 g/mol. The number of carbonyl (C=O) groups is 2. The van der Waals surface area contributed by atoms with Crippen molar-refractivity contribution >= 4 is 49.8 Å². The molecule has 2 aliphatic heterocycles. The number of nitro groups is 1. The summed E-state index contributed by atoms with van der Waals surface area (Å²) in [5, 5.41) is 23.3. The van der Waals surface area contributed by atoms with Gasteiger partial charge in [0.1, 0.15) is 23.4 Å². The van der Waals surface area contributed by atoms with Crippen LogP contribution in [-0.2, 0) is 16.0 Å². The van der Waals surface area contributed by atoms with E-state index in [2.05, 4.69) is 4.98 Å². The number of aromatic nitrogens is 1. The standard InChI is InChI=1S/C29H23N3O7S/c1-3-38-20-8-9-21-23(14-20)40-29(30-21)31-25(16-5-4-6-19(13-16)32(36)37)24(27(34)28(31)35)26(33)17-7-10-22-18(12-17)11-15(2)39-22/h4-10,12-15,25,33H,3,11H2,1-2H3/b26-24+/t15-,25-/m1/s1. The fourth-order valence-corrected chi connectivity index (χ4v) is 6.15. The Bertz CT molecular complexity index is 1740. The van der Waals surface area contributed by atoms with E-state index in [1.165, 1.54) is 34.4 Å². The summed E-state index contributed by atoms with van der Waals surface area (Å²) in [7, 11) is 0. The summed E-state index contributed by atoms with van der Waals surface area (Å²) in [5.74, 6) is -0.842. The van der Waals surface area contributed by atoms with Gasteiger partial charge in [0.05, 0.1) is 33.4 Å². The van der Waals surface area contributed by atoms with Crippen molar-refractivity contribution in [1.82, 2.24) is 4.98 Å². The van der Waals surface area contributed by atoms with Crippen LogP contribution in [0.5, 0.6) is 11.5 Å². The normalized spacial score (nSPS) is 19.6. The van der Waals surface area contributed by atoms with Crippen LogP contribution < -0.4 is 14.4 Å². The maximum absolute atomic E-state index is 13.6. The molecule has 0 unspecified atom stereocenters. The van der Waals surface area contributed by atoms with Crippen LogP contribution in [0, 0.1) is 10.1 Å². The Balaban J connectivity index is 1.53. The maximum Gasteiger partial charge on any atom is 0.301 e. The van der Waals surface area contributed by atoms with E-state index in [4.69, 9.17) is 9.47 Å². The van der Waals surface area contributed by atoms with E-state index in [9.17, 15) is 24.8 Å². The Morgan fingerprint density at radius 3 is 2.80 bits per heavy atom. The molecule has 0 saturated carbocycles. The lowest BCUT2D eigenvalue weighted by Gasteiger charge is -2.22. The Morgan fingerprint density at radius 1 is 1.20 bits per heavy atom. The average molecular weight is 558 g/mol. The molecule has 10 nitrogen and oxygen atoms in total. The third kappa shape index (κ3) is 4.24. The summed E-state index contributed by atoms with van der Waals surface area (Å²) in [4.78, 5) is 43.9. The summed E-state index contributed by atoms with van der Waals surface area (Å²) < 4.78 is 12.1. The first kappa shape index (κ1) is 25.5. The van der Waals surface area contributed by atoms with Gasteiger partial charge in [0.2, 0.25) is 0 Å². The number of anilines is 1. The number of nitrogens with zero attached hydrogens (tertiary/aromatic N) is 3. The van der Waals surface area contributed by atoms with E-state index in [0.717, 1.165) is 10.3 Å². The van der Waals surface area contributed by atoms with Crippen molar-refractivity contribution < 1.29 is 29.1 Å². The quantitative estimate of drug-likeness (QED) is 0.107. The number of nitro benzene ring substituents is 1. The van der Waals surface area contributed by atoms with Crippen LogP contribution in [0.1, 0.15) is 36.6 Å². The number of hydrogen-bond acceptors (Lipinski definition) is 9. The van der Waals surface area contributed by atoms with Crippen LogP contribution in [0.15, 0.2) is 66.2 Å². The molecule has 3 heterocycles. The van der Waals surface area contributed by atoms with E-state index in [-0.39, 0.29) is 28.3 Å². The van der Waals surface area contributed by atoms with E-state index >= 15 is 0 Å². The van der Waals surface area contributed by atoms with Gasteiger partial charge in [0.15, 0.2) is 5.13 Å². The Kier molecular flexibility index (Phi) is 6.22. The van der Waals surface area contributed by atoms with Crippen molar-refractivity contribution in [3.8, 4) is 11.5 Å². The molecule has 2 aliphatic rings. The lowest BCUT2D eigenvalue weighted by Crippen LogP contribution is -2.29. The first-order chi connectivity index (χ1) is 19.2. The third-order valence-electron chi connectivity index (χ3n) is 6.88. The molecule has 11 heteroatoms. The summed E-state index contributed by atoms with van der Waals surface area (Å²) in [6.45, 7) is 4.28. The van der Waals surface area contributed by atoms with Crippen molar-refractivity contribution in [1.29, 1.82) is 0 Å². The number of non-ortho nitro benzene ring substituents is 1. The summed E-state index contributed by atoms with van der Waals surface area (Å²) in [6.07, 6.45) is 0.610. The highest BCUT2D eigenvalue weighted by Crippen LogP contribution is 2.45. The van der Waals surface area contributed by atoms with Crippen LogP contribution in [0.25, 0.3) is 16.0 Å². The number of ketones is 1. The summed E-state index contributed by atoms with van der Waals surface area (Å²) in [6, 6.07) is 14.9. The van der Waals surface area contributed by atoms with Crippen LogP contribution in [-0.4, -0.2) is 39.4 Å². The molecule has 2 atom stereocenters. The molecule has 4 aromatic rings. The molecule has 1 N–H and O–H groups in total. The van der Waals surface area contributed by atoms with Crippen molar-refractivity contribution in [3.63, 3.8) is 0 Å². The molecule has 40 heavy (non-hydrogen) atoms. The molecule has 0 radical (unpaired) electrons. The van der Waals surface area contributed by atoms with E-state index in [0.29, 0.717) is 41.2 Å². The topological polar surface area (TPSA) is 132 Å². The number of carbonyl (C=O) groups excluding carboxylic acids is 2. The van der Waals surface area contributed by atoms with Gasteiger partial charge in [-0.05, 0) is 61.4 Å². The number of Topliss-reactive ketones (excluding diaryl/α,β-unsaturated/α-hetero) is 1. The monoisotopic (exact) mass is 557 g/mol. The fourth-order valence-electron chi connectivity index (χ4n) is 5.13. The van der Waals surface area contributed by atoms with E-state index < -0.39 is 22.7 Å². The van der Waals surface area contributed by atoms with Gasteiger partial charge in [-0.3, -0.25) is 24.6 Å². The number of ether oxygens (including phenoxy) is 2. The van der Waals surface area contributed by atoms with Crippen molar-refractivity contribution in [2.75, 3.05) is 11.5 Å². The first-order valence-electron chi connectivity index (χ1n) is 12.6. The fraction of sp³-hybridized carbons (Fsp3) is 0.207. The molecule has 0 bridgehead atoms. The minimum atomic E-state index is -1.14. The van der Waals surface area contributed by atoms with Gasteiger partial charge in [-0.25, -0.2) is 4.98 Å². The lowest BCUT2D eigenvalue weighted by molar-refractivity contribution is -0.384. The molecule has 0 spiro atoms. The van der Waals surface area contributed by atoms with Gasteiger partial charge in [-0.1, -0.05) is 23.5 Å². The highest BCUT2D eigenvalue weighted by Gasteiger charge is 2.48. The SMILES string of the molecule is CCOc1ccc2nc(N3C(=O)C(=O)/C(=C(/O)c4ccc5c(c4)C[C@@H](C)O5)[C@H]3c3cccc([N+](=O)[O-])c3)sc2c1. The summed E-state index contributed by atoms with van der Waals surface area (Å²) >= 11 is 1.18. The number of aliphatic hydroxyl groups is 1. The van der Waals surface area contributed by atoms with Gasteiger partial charge in [-0.2, -0.15) is 0 Å². The second-order valence-electron chi connectivity index (χ2n) is 9.54. The highest BCUT2D eigenvalue weighted by molar-refractivity contribution is 7.22. The maximum atomic E-state index is 13.6. The number of hydrogen-bond donors (Lipinski definition) is 1. The van der Waals surface area contributed by atoms with Crippen LogP contribution >= 0.6 is 11.3 Å². The van der Waals surface area contributed by atoms with Crippen LogP contribution in [0.2, 0.25) is 0 Å². The van der Waals surface area contributed by atoms with Gasteiger partial charge >= 0.3 is 5.91 Å². The zero-order valence-electron chi connectivity index (χ0n) is 21.5. The van der Waals surface area contributed by atoms with Gasteiger partial charge in [-0.15, -0.1) is 0 Å². The molecule has 202 valence electrons. The van der Waals surface area contributed by atoms with E-state index in [1.807, 2.05) is 13.8 Å². The first-order valence-corrected chi connectivity index (χ1v) is 13.5. The van der Waals surface area contributed by atoms with Crippen molar-refractivity contribution in [3.05, 3.63) is 93.0 Å². The number of fused-ring (bicyclic) bond motifs is 2. The molecule has 6 rings (SSSR count). The predicted octanol–water partition coefficient (Wildman–Crippen LogP) is 5.55. The molecule has 1 fully saturated rings. The molecule has 1 amide bonds. The van der Waals surface area contributed by atoms with Crippen molar-refractivity contribution in [2.45, 2.75) is 32.4 Å². The molecule has 0 aliphatic carbocycles. The number of rotatable bonds is 6. The van der Waals surface area contributed by atoms with Crippen LogP contribution in [0.3, 0.4) is 0 Å². The lowest BCUT2D eigenvalue weighted by atomic mass is 9.94. The third-order valence-corrected chi connectivity index (χ3v) is 7.89. The smallest absolute Gasteiger partial charge is 0.301 e. The van der Waals surface area contributed by atoms with Gasteiger partial charge < -0.3 is 14.6 Å². The van der Waals surface area contributed by atoms with Gasteiger partial charge in [0, 0.05) is 24.1 Å². The number of benzene rings is 3. The van der Waals surface area contributed by atoms with E-state index in [1.54, 1.807) is 42.5 Å². The molecule has 1 saturated heterocycles. The zero-order chi connectivity index (χ0) is 28.1. The highest BCUT2D eigenvalue weighted by atomic mass is 32.1. The number of amides is 1. The minimum Gasteiger partial charge on any atom is -0.507 e. The number of thiazole rings is 1. The Hall–Kier alpha value is -4.77.